The quantitative estimate of drug-likeness (QED) is 0.781. The van der Waals surface area contributed by atoms with Crippen LogP contribution in [0.2, 0.25) is 0 Å². The molecule has 5 heteroatoms. The zero-order chi connectivity index (χ0) is 17.8. The molecule has 5 nitrogen and oxygen atoms in total. The molecular formula is C20H24N2O3. The number of para-hydroxylation sites is 1. The monoisotopic (exact) mass is 340 g/mol. The summed E-state index contributed by atoms with van der Waals surface area (Å²) < 4.78 is 0. The van der Waals surface area contributed by atoms with Crippen molar-refractivity contribution < 1.29 is 15.0 Å². The molecular weight excluding hydrogens is 316 g/mol. The Hall–Kier alpha value is -2.21. The van der Waals surface area contributed by atoms with E-state index in [-0.39, 0.29) is 18.6 Å². The van der Waals surface area contributed by atoms with Gasteiger partial charge in [-0.25, -0.2) is 0 Å². The topological polar surface area (TPSA) is 72.8 Å². The van der Waals surface area contributed by atoms with Gasteiger partial charge < -0.3 is 15.5 Å². The number of aliphatic hydroxyl groups is 2. The number of nitrogens with one attached hydrogen (secondary N) is 1. The van der Waals surface area contributed by atoms with E-state index in [2.05, 4.69) is 10.2 Å². The Bertz CT molecular complexity index is 743. The van der Waals surface area contributed by atoms with Gasteiger partial charge in [-0.05, 0) is 36.6 Å². The lowest BCUT2D eigenvalue weighted by molar-refractivity contribution is 0.102. The number of benzene rings is 2. The number of rotatable bonds is 5. The van der Waals surface area contributed by atoms with Crippen LogP contribution in [-0.4, -0.2) is 40.2 Å². The van der Waals surface area contributed by atoms with Crippen molar-refractivity contribution in [2.45, 2.75) is 32.6 Å². The van der Waals surface area contributed by atoms with Gasteiger partial charge in [0.2, 0.25) is 0 Å². The van der Waals surface area contributed by atoms with E-state index in [0.29, 0.717) is 23.4 Å². The van der Waals surface area contributed by atoms with Gasteiger partial charge in [-0.3, -0.25) is 9.69 Å². The maximum Gasteiger partial charge on any atom is 0.255 e. The molecule has 0 unspecified atom stereocenters. The lowest BCUT2D eigenvalue weighted by Gasteiger charge is -2.15. The van der Waals surface area contributed by atoms with Gasteiger partial charge in [0, 0.05) is 36.4 Å². The Balaban J connectivity index is 1.67. The number of aliphatic hydroxyl groups excluding tert-OH is 2. The summed E-state index contributed by atoms with van der Waals surface area (Å²) in [6, 6.07) is 13.1. The molecule has 3 N–H and O–H groups in total. The van der Waals surface area contributed by atoms with Gasteiger partial charge in [0.25, 0.3) is 5.91 Å². The predicted octanol–water partition coefficient (Wildman–Crippen LogP) is 2.31. The van der Waals surface area contributed by atoms with Crippen molar-refractivity contribution in [1.29, 1.82) is 0 Å². The number of β-amino-alcohol motifs (C(OH)–C–C–N with tert-alkyl or cyclic N) is 1. The summed E-state index contributed by atoms with van der Waals surface area (Å²) in [7, 11) is 0. The smallest absolute Gasteiger partial charge is 0.255 e. The number of hydrogen-bond acceptors (Lipinski definition) is 4. The van der Waals surface area contributed by atoms with Gasteiger partial charge in [0.15, 0.2) is 0 Å². The van der Waals surface area contributed by atoms with E-state index in [1.54, 1.807) is 6.07 Å². The first-order chi connectivity index (χ1) is 12.1. The van der Waals surface area contributed by atoms with Crippen LogP contribution in [0.5, 0.6) is 0 Å². The molecule has 25 heavy (non-hydrogen) atoms. The van der Waals surface area contributed by atoms with Crippen molar-refractivity contribution in [3.63, 3.8) is 0 Å². The Labute approximate surface area is 147 Å². The summed E-state index contributed by atoms with van der Waals surface area (Å²) >= 11 is 0. The number of carbonyl (C=O) groups is 1. The molecule has 0 spiro atoms. The minimum atomic E-state index is -0.222. The molecule has 1 saturated heterocycles. The first kappa shape index (κ1) is 17.6. The maximum atomic E-state index is 12.5. The van der Waals surface area contributed by atoms with E-state index in [9.17, 15) is 15.0 Å². The van der Waals surface area contributed by atoms with Crippen molar-refractivity contribution in [2.75, 3.05) is 18.4 Å². The zero-order valence-corrected chi connectivity index (χ0v) is 14.4. The average Bonchev–Trinajstić information content (AvgIpc) is 3.02. The molecule has 0 saturated carbocycles. The molecule has 132 valence electrons. The van der Waals surface area contributed by atoms with Crippen molar-refractivity contribution in [3.8, 4) is 0 Å². The van der Waals surface area contributed by atoms with Crippen LogP contribution in [0.1, 0.15) is 33.5 Å². The highest BCUT2D eigenvalue weighted by molar-refractivity contribution is 6.05. The minimum Gasteiger partial charge on any atom is -0.392 e. The third-order valence-electron chi connectivity index (χ3n) is 4.64. The van der Waals surface area contributed by atoms with Gasteiger partial charge in [-0.15, -0.1) is 0 Å². The predicted molar refractivity (Wildman–Crippen MR) is 97.4 cm³/mol. The Morgan fingerprint density at radius 1 is 1.24 bits per heavy atom. The molecule has 1 fully saturated rings. The average molecular weight is 340 g/mol. The highest BCUT2D eigenvalue weighted by Crippen LogP contribution is 2.22. The van der Waals surface area contributed by atoms with Crippen LogP contribution in [-0.2, 0) is 13.2 Å². The molecule has 1 amide bonds. The number of amides is 1. The van der Waals surface area contributed by atoms with Gasteiger partial charge >= 0.3 is 0 Å². The highest BCUT2D eigenvalue weighted by Gasteiger charge is 2.20. The molecule has 0 radical (unpaired) electrons. The molecule has 0 bridgehead atoms. The molecule has 3 rings (SSSR count). The Kier molecular flexibility index (Phi) is 5.48. The van der Waals surface area contributed by atoms with Crippen LogP contribution in [0.4, 0.5) is 5.69 Å². The van der Waals surface area contributed by atoms with Crippen LogP contribution in [0.25, 0.3) is 0 Å². The SMILES string of the molecule is Cc1cccc(CO)c1NC(=O)c1ccc(CN2CC[C@H](O)C2)cc1. The third kappa shape index (κ3) is 4.25. The van der Waals surface area contributed by atoms with Crippen LogP contribution >= 0.6 is 0 Å². The number of nitrogens with zero attached hydrogens (tertiary/aromatic N) is 1. The van der Waals surface area contributed by atoms with Gasteiger partial charge in [0.1, 0.15) is 0 Å². The Morgan fingerprint density at radius 2 is 2.00 bits per heavy atom. The van der Waals surface area contributed by atoms with E-state index in [1.165, 1.54) is 0 Å². The van der Waals surface area contributed by atoms with Crippen molar-refractivity contribution in [2.24, 2.45) is 0 Å². The summed E-state index contributed by atoms with van der Waals surface area (Å²) in [6.07, 6.45) is 0.601. The van der Waals surface area contributed by atoms with Gasteiger partial charge in [-0.1, -0.05) is 30.3 Å². The fourth-order valence-corrected chi connectivity index (χ4v) is 3.20. The molecule has 1 aliphatic rings. The van der Waals surface area contributed by atoms with Crippen LogP contribution in [0.15, 0.2) is 42.5 Å². The Morgan fingerprint density at radius 3 is 2.64 bits per heavy atom. The second-order valence-corrected chi connectivity index (χ2v) is 6.60. The number of anilines is 1. The number of aryl methyl sites for hydroxylation is 1. The van der Waals surface area contributed by atoms with E-state index in [0.717, 1.165) is 30.6 Å². The summed E-state index contributed by atoms with van der Waals surface area (Å²) in [5, 5.41) is 21.9. The zero-order valence-electron chi connectivity index (χ0n) is 14.4. The third-order valence-corrected chi connectivity index (χ3v) is 4.64. The first-order valence-electron chi connectivity index (χ1n) is 8.57. The van der Waals surface area contributed by atoms with E-state index in [4.69, 9.17) is 0 Å². The number of likely N-dealkylation sites (tertiary alicyclic amines) is 1. The minimum absolute atomic E-state index is 0.113. The van der Waals surface area contributed by atoms with Crippen LogP contribution < -0.4 is 5.32 Å². The second kappa shape index (κ2) is 7.78. The molecule has 0 aliphatic carbocycles. The van der Waals surface area contributed by atoms with Gasteiger partial charge in [-0.2, -0.15) is 0 Å². The molecule has 2 aromatic carbocycles. The van der Waals surface area contributed by atoms with Crippen LogP contribution in [0, 0.1) is 6.92 Å². The lowest BCUT2D eigenvalue weighted by Crippen LogP contribution is -2.21. The van der Waals surface area contributed by atoms with Crippen molar-refractivity contribution >= 4 is 11.6 Å². The standard InChI is InChI=1S/C20H24N2O3/c1-14-3-2-4-17(13-23)19(14)21-20(25)16-7-5-15(6-8-16)11-22-10-9-18(24)12-22/h2-8,18,23-24H,9-13H2,1H3,(H,21,25)/t18-/m0/s1. The first-order valence-corrected chi connectivity index (χ1v) is 8.57. The summed E-state index contributed by atoms with van der Waals surface area (Å²) in [6.45, 7) is 4.19. The normalized spacial score (nSPS) is 17.6. The van der Waals surface area contributed by atoms with E-state index >= 15 is 0 Å². The van der Waals surface area contributed by atoms with Gasteiger partial charge in [0.05, 0.1) is 12.7 Å². The summed E-state index contributed by atoms with van der Waals surface area (Å²) in [5.41, 5.74) is 4.00. The second-order valence-electron chi connectivity index (χ2n) is 6.60. The van der Waals surface area contributed by atoms with Crippen molar-refractivity contribution in [1.82, 2.24) is 4.90 Å². The maximum absolute atomic E-state index is 12.5. The number of carbonyl (C=O) groups excluding carboxylic acids is 1. The van der Waals surface area contributed by atoms with E-state index in [1.807, 2.05) is 43.3 Å². The van der Waals surface area contributed by atoms with E-state index < -0.39 is 0 Å². The summed E-state index contributed by atoms with van der Waals surface area (Å²) in [4.78, 5) is 14.7. The number of hydrogen-bond donors (Lipinski definition) is 3. The van der Waals surface area contributed by atoms with Crippen molar-refractivity contribution in [3.05, 3.63) is 64.7 Å². The molecule has 1 aliphatic heterocycles. The largest absolute Gasteiger partial charge is 0.392 e. The summed E-state index contributed by atoms with van der Waals surface area (Å²) in [5.74, 6) is -0.188. The molecule has 2 aromatic rings. The fraction of sp³-hybridized carbons (Fsp3) is 0.350. The van der Waals surface area contributed by atoms with Crippen LogP contribution in [0.3, 0.4) is 0 Å². The molecule has 1 atom stereocenters. The fourth-order valence-electron chi connectivity index (χ4n) is 3.20. The molecule has 0 aromatic heterocycles. The highest BCUT2D eigenvalue weighted by atomic mass is 16.3. The lowest BCUT2D eigenvalue weighted by atomic mass is 10.1. The molecule has 1 heterocycles.